The molecule has 0 radical (unpaired) electrons. The zero-order chi connectivity index (χ0) is 23.7. The number of aromatic hydroxyl groups is 1. The second-order valence-corrected chi connectivity index (χ2v) is 7.99. The molecule has 33 heavy (non-hydrogen) atoms. The summed E-state index contributed by atoms with van der Waals surface area (Å²) >= 11 is 0. The minimum absolute atomic E-state index is 0.0111. The Morgan fingerprint density at radius 1 is 0.879 bits per heavy atom. The SMILES string of the molecule is COc1cc(CC(=O)C(Cc2ccccc2)(Cc2ccccc2)C(=O)NCCO)ccc1O. The summed E-state index contributed by atoms with van der Waals surface area (Å²) in [7, 11) is 1.44. The number of Topliss-reactive ketones (excluding diaryl/α,β-unsaturated/α-hetero) is 1. The molecule has 0 atom stereocenters. The van der Waals surface area contributed by atoms with Crippen LogP contribution in [0.25, 0.3) is 0 Å². The van der Waals surface area contributed by atoms with Crippen molar-refractivity contribution in [1.82, 2.24) is 5.32 Å². The fourth-order valence-corrected chi connectivity index (χ4v) is 3.96. The average molecular weight is 448 g/mol. The number of benzene rings is 3. The Morgan fingerprint density at radius 3 is 1.97 bits per heavy atom. The Hall–Kier alpha value is -3.64. The summed E-state index contributed by atoms with van der Waals surface area (Å²) in [5.41, 5.74) is 0.978. The van der Waals surface area contributed by atoms with E-state index in [9.17, 15) is 19.8 Å². The van der Waals surface area contributed by atoms with Crippen LogP contribution in [0.2, 0.25) is 0 Å². The first-order valence-corrected chi connectivity index (χ1v) is 10.8. The van der Waals surface area contributed by atoms with Crippen molar-refractivity contribution >= 4 is 11.7 Å². The highest BCUT2D eigenvalue weighted by Gasteiger charge is 2.45. The Morgan fingerprint density at radius 2 is 1.45 bits per heavy atom. The van der Waals surface area contributed by atoms with Gasteiger partial charge >= 0.3 is 0 Å². The van der Waals surface area contributed by atoms with E-state index in [-0.39, 0.29) is 49.7 Å². The van der Waals surface area contributed by atoms with E-state index in [0.29, 0.717) is 5.56 Å². The number of phenolic OH excluding ortho intramolecular Hbond substituents is 1. The number of amides is 1. The van der Waals surface area contributed by atoms with Crippen molar-refractivity contribution in [3.8, 4) is 11.5 Å². The van der Waals surface area contributed by atoms with Crippen molar-refractivity contribution in [3.05, 3.63) is 95.6 Å². The quantitative estimate of drug-likeness (QED) is 0.393. The van der Waals surface area contributed by atoms with Crippen molar-refractivity contribution in [2.24, 2.45) is 5.41 Å². The summed E-state index contributed by atoms with van der Waals surface area (Å²) in [4.78, 5) is 27.4. The lowest BCUT2D eigenvalue weighted by molar-refractivity contribution is -0.142. The maximum Gasteiger partial charge on any atom is 0.234 e. The van der Waals surface area contributed by atoms with Crippen LogP contribution in [0.3, 0.4) is 0 Å². The smallest absolute Gasteiger partial charge is 0.234 e. The minimum atomic E-state index is -1.39. The first-order chi connectivity index (χ1) is 16.0. The van der Waals surface area contributed by atoms with Crippen LogP contribution in [0.1, 0.15) is 16.7 Å². The highest BCUT2D eigenvalue weighted by molar-refractivity contribution is 6.07. The summed E-state index contributed by atoms with van der Waals surface area (Å²) in [5, 5.41) is 21.9. The standard InChI is InChI=1S/C27H29NO5/c1-33-24-16-22(12-13-23(24)30)17-25(31)27(26(32)28-14-15-29,18-20-8-4-2-5-9-20)19-21-10-6-3-7-11-21/h2-13,16,29-30H,14-15,17-19H2,1H3,(H,28,32). The van der Waals surface area contributed by atoms with Crippen molar-refractivity contribution < 1.29 is 24.5 Å². The van der Waals surface area contributed by atoms with Crippen LogP contribution >= 0.6 is 0 Å². The molecule has 3 rings (SSSR count). The number of carbonyl (C=O) groups excluding carboxylic acids is 2. The molecular weight excluding hydrogens is 418 g/mol. The number of nitrogens with one attached hydrogen (secondary N) is 1. The summed E-state index contributed by atoms with van der Waals surface area (Å²) in [6.45, 7) is -0.160. The molecule has 3 N–H and O–H groups in total. The molecule has 0 unspecified atom stereocenters. The lowest BCUT2D eigenvalue weighted by atomic mass is 9.71. The number of rotatable bonds is 11. The predicted molar refractivity (Wildman–Crippen MR) is 126 cm³/mol. The maximum absolute atomic E-state index is 13.9. The average Bonchev–Trinajstić information content (AvgIpc) is 2.84. The predicted octanol–water partition coefficient (Wildman–Crippen LogP) is 3.09. The minimum Gasteiger partial charge on any atom is -0.504 e. The van der Waals surface area contributed by atoms with Gasteiger partial charge in [-0.3, -0.25) is 9.59 Å². The van der Waals surface area contributed by atoms with Gasteiger partial charge in [0.25, 0.3) is 0 Å². The van der Waals surface area contributed by atoms with Gasteiger partial charge in [-0.05, 0) is 41.7 Å². The molecule has 0 aliphatic rings. The van der Waals surface area contributed by atoms with E-state index in [1.807, 2.05) is 60.7 Å². The summed E-state index contributed by atoms with van der Waals surface area (Å²) in [5.74, 6) is -0.422. The highest BCUT2D eigenvalue weighted by Crippen LogP contribution is 2.33. The number of ether oxygens (including phenoxy) is 1. The van der Waals surface area contributed by atoms with E-state index in [1.54, 1.807) is 12.1 Å². The van der Waals surface area contributed by atoms with Crippen LogP contribution in [0, 0.1) is 5.41 Å². The fourth-order valence-electron chi connectivity index (χ4n) is 3.96. The monoisotopic (exact) mass is 447 g/mol. The third-order valence-corrected chi connectivity index (χ3v) is 5.67. The molecule has 3 aromatic carbocycles. The fraction of sp³-hybridized carbons (Fsp3) is 0.259. The van der Waals surface area contributed by atoms with E-state index >= 15 is 0 Å². The maximum atomic E-state index is 13.9. The topological polar surface area (TPSA) is 95.9 Å². The normalized spacial score (nSPS) is 11.1. The molecule has 1 amide bonds. The summed E-state index contributed by atoms with van der Waals surface area (Å²) in [6, 6.07) is 23.6. The molecule has 0 heterocycles. The first-order valence-electron chi connectivity index (χ1n) is 10.8. The van der Waals surface area contributed by atoms with Gasteiger partial charge in [-0.25, -0.2) is 0 Å². The molecule has 0 spiro atoms. The van der Waals surface area contributed by atoms with Crippen LogP contribution in [0.5, 0.6) is 11.5 Å². The van der Waals surface area contributed by atoms with Gasteiger partial charge in [0.05, 0.1) is 13.7 Å². The van der Waals surface area contributed by atoms with Gasteiger partial charge in [0.2, 0.25) is 5.91 Å². The number of phenols is 1. The molecule has 6 nitrogen and oxygen atoms in total. The number of aliphatic hydroxyl groups excluding tert-OH is 1. The number of aliphatic hydroxyl groups is 1. The van der Waals surface area contributed by atoms with Crippen molar-refractivity contribution in [3.63, 3.8) is 0 Å². The third-order valence-electron chi connectivity index (χ3n) is 5.67. The van der Waals surface area contributed by atoms with Gasteiger partial charge in [-0.2, -0.15) is 0 Å². The number of hydrogen-bond acceptors (Lipinski definition) is 5. The van der Waals surface area contributed by atoms with Crippen LogP contribution in [-0.4, -0.2) is 42.2 Å². The van der Waals surface area contributed by atoms with E-state index in [2.05, 4.69) is 5.32 Å². The second-order valence-electron chi connectivity index (χ2n) is 7.99. The molecule has 0 bridgehead atoms. The van der Waals surface area contributed by atoms with E-state index in [0.717, 1.165) is 11.1 Å². The lowest BCUT2D eigenvalue weighted by Gasteiger charge is -2.32. The molecule has 6 heteroatoms. The molecule has 0 aromatic heterocycles. The van der Waals surface area contributed by atoms with Crippen LogP contribution < -0.4 is 10.1 Å². The van der Waals surface area contributed by atoms with Crippen LogP contribution in [0.4, 0.5) is 0 Å². The van der Waals surface area contributed by atoms with Gasteiger partial charge in [0.15, 0.2) is 17.3 Å². The van der Waals surface area contributed by atoms with Gasteiger partial charge in [-0.1, -0.05) is 66.7 Å². The molecule has 0 saturated heterocycles. The number of ketones is 1. The van der Waals surface area contributed by atoms with Crippen molar-refractivity contribution in [2.75, 3.05) is 20.3 Å². The molecule has 3 aromatic rings. The van der Waals surface area contributed by atoms with Crippen molar-refractivity contribution in [1.29, 1.82) is 0 Å². The van der Waals surface area contributed by atoms with Gasteiger partial charge < -0.3 is 20.3 Å². The zero-order valence-corrected chi connectivity index (χ0v) is 18.7. The Labute approximate surface area is 193 Å². The molecule has 0 aliphatic heterocycles. The summed E-state index contributed by atoms with van der Waals surface area (Å²) < 4.78 is 5.18. The molecule has 0 aliphatic carbocycles. The highest BCUT2D eigenvalue weighted by atomic mass is 16.5. The van der Waals surface area contributed by atoms with Gasteiger partial charge in [0.1, 0.15) is 5.41 Å². The molecular formula is C27H29NO5. The second kappa shape index (κ2) is 11.3. The van der Waals surface area contributed by atoms with E-state index in [1.165, 1.54) is 13.2 Å². The Balaban J connectivity index is 2.05. The van der Waals surface area contributed by atoms with Crippen LogP contribution in [-0.2, 0) is 28.9 Å². The summed E-state index contributed by atoms with van der Waals surface area (Å²) in [6.07, 6.45) is 0.422. The van der Waals surface area contributed by atoms with Gasteiger partial charge in [-0.15, -0.1) is 0 Å². The van der Waals surface area contributed by atoms with E-state index in [4.69, 9.17) is 4.74 Å². The largest absolute Gasteiger partial charge is 0.504 e. The Kier molecular flexibility index (Phi) is 8.22. The number of carbonyl (C=O) groups is 2. The lowest BCUT2D eigenvalue weighted by Crippen LogP contribution is -2.51. The van der Waals surface area contributed by atoms with Crippen LogP contribution in [0.15, 0.2) is 78.9 Å². The molecule has 0 saturated carbocycles. The number of methoxy groups -OCH3 is 1. The third kappa shape index (κ3) is 5.99. The molecule has 0 fully saturated rings. The van der Waals surface area contributed by atoms with E-state index < -0.39 is 11.3 Å². The Bertz CT molecular complexity index is 1020. The first kappa shape index (κ1) is 24.0. The number of hydrogen-bond donors (Lipinski definition) is 3. The zero-order valence-electron chi connectivity index (χ0n) is 18.7. The van der Waals surface area contributed by atoms with Crippen molar-refractivity contribution in [2.45, 2.75) is 19.3 Å². The molecule has 172 valence electrons. The van der Waals surface area contributed by atoms with Gasteiger partial charge in [0, 0.05) is 13.0 Å².